The highest BCUT2D eigenvalue weighted by Crippen LogP contribution is 2.50. The van der Waals surface area contributed by atoms with E-state index in [2.05, 4.69) is 21.2 Å². The van der Waals surface area contributed by atoms with Gasteiger partial charge in [-0.25, -0.2) is 0 Å². The summed E-state index contributed by atoms with van der Waals surface area (Å²) >= 11 is 3.39. The van der Waals surface area contributed by atoms with E-state index in [9.17, 15) is 4.79 Å². The SMILES string of the molecule is CCOC1CC(N)(C(=O)Nc2ccc(Br)c(OC)c2)C1(C)C. The first kappa shape index (κ1) is 17.2. The zero-order valence-electron chi connectivity index (χ0n) is 13.4. The lowest BCUT2D eigenvalue weighted by Gasteiger charge is -2.57. The van der Waals surface area contributed by atoms with Gasteiger partial charge in [0.15, 0.2) is 0 Å². The molecular formula is C16H23BrN2O3. The number of hydrogen-bond donors (Lipinski definition) is 2. The number of hydrogen-bond acceptors (Lipinski definition) is 4. The van der Waals surface area contributed by atoms with E-state index in [1.165, 1.54) is 0 Å². The molecule has 1 aliphatic rings. The van der Waals surface area contributed by atoms with Gasteiger partial charge in [0.1, 0.15) is 11.3 Å². The maximum Gasteiger partial charge on any atom is 0.245 e. The summed E-state index contributed by atoms with van der Waals surface area (Å²) in [6, 6.07) is 5.39. The fourth-order valence-electron chi connectivity index (χ4n) is 2.80. The van der Waals surface area contributed by atoms with Gasteiger partial charge < -0.3 is 20.5 Å². The number of anilines is 1. The monoisotopic (exact) mass is 370 g/mol. The average Bonchev–Trinajstić information content (AvgIpc) is 2.48. The Morgan fingerprint density at radius 2 is 2.18 bits per heavy atom. The van der Waals surface area contributed by atoms with Crippen LogP contribution < -0.4 is 15.8 Å². The van der Waals surface area contributed by atoms with E-state index in [-0.39, 0.29) is 12.0 Å². The second-order valence-electron chi connectivity index (χ2n) is 6.14. The van der Waals surface area contributed by atoms with Crippen LogP contribution in [0.5, 0.6) is 5.75 Å². The molecule has 0 radical (unpaired) electrons. The van der Waals surface area contributed by atoms with E-state index in [1.54, 1.807) is 19.2 Å². The number of carbonyl (C=O) groups is 1. The molecule has 1 aromatic carbocycles. The van der Waals surface area contributed by atoms with Crippen molar-refractivity contribution >= 4 is 27.5 Å². The molecule has 0 aliphatic heterocycles. The summed E-state index contributed by atoms with van der Waals surface area (Å²) in [5.74, 6) is 0.460. The van der Waals surface area contributed by atoms with Crippen molar-refractivity contribution in [1.29, 1.82) is 0 Å². The van der Waals surface area contributed by atoms with E-state index in [1.807, 2.05) is 26.8 Å². The zero-order valence-corrected chi connectivity index (χ0v) is 15.0. The predicted molar refractivity (Wildman–Crippen MR) is 90.1 cm³/mol. The fraction of sp³-hybridized carbons (Fsp3) is 0.562. The predicted octanol–water partition coefficient (Wildman–Crippen LogP) is 2.93. The highest BCUT2D eigenvalue weighted by molar-refractivity contribution is 9.10. The second-order valence-corrected chi connectivity index (χ2v) is 7.00. The summed E-state index contributed by atoms with van der Waals surface area (Å²) in [7, 11) is 1.58. The molecule has 2 rings (SSSR count). The first-order chi connectivity index (χ1) is 10.3. The number of amides is 1. The van der Waals surface area contributed by atoms with Crippen LogP contribution in [-0.4, -0.2) is 31.3 Å². The summed E-state index contributed by atoms with van der Waals surface area (Å²) < 4.78 is 11.7. The Kier molecular flexibility index (Phi) is 4.84. The zero-order chi connectivity index (χ0) is 16.5. The molecule has 1 aliphatic carbocycles. The van der Waals surface area contributed by atoms with Crippen molar-refractivity contribution in [1.82, 2.24) is 0 Å². The Morgan fingerprint density at radius 1 is 1.50 bits per heavy atom. The minimum absolute atomic E-state index is 0.00713. The van der Waals surface area contributed by atoms with Crippen molar-refractivity contribution < 1.29 is 14.3 Å². The molecular weight excluding hydrogens is 348 g/mol. The molecule has 2 unspecified atom stereocenters. The largest absolute Gasteiger partial charge is 0.495 e. The van der Waals surface area contributed by atoms with Gasteiger partial charge in [-0.2, -0.15) is 0 Å². The summed E-state index contributed by atoms with van der Waals surface area (Å²) in [6.07, 6.45) is 0.528. The maximum absolute atomic E-state index is 12.6. The number of benzene rings is 1. The first-order valence-corrected chi connectivity index (χ1v) is 8.11. The Morgan fingerprint density at radius 3 is 2.73 bits per heavy atom. The van der Waals surface area contributed by atoms with Crippen LogP contribution in [0.25, 0.3) is 0 Å². The van der Waals surface area contributed by atoms with E-state index in [0.29, 0.717) is 24.5 Å². The van der Waals surface area contributed by atoms with Crippen molar-refractivity contribution in [3.05, 3.63) is 22.7 Å². The highest BCUT2D eigenvalue weighted by Gasteiger charge is 2.62. The van der Waals surface area contributed by atoms with Gasteiger partial charge in [-0.1, -0.05) is 13.8 Å². The molecule has 1 amide bonds. The van der Waals surface area contributed by atoms with E-state index < -0.39 is 11.0 Å². The average molecular weight is 371 g/mol. The molecule has 0 saturated heterocycles. The molecule has 1 aromatic rings. The summed E-state index contributed by atoms with van der Waals surface area (Å²) in [5, 5.41) is 2.88. The molecule has 0 bridgehead atoms. The summed E-state index contributed by atoms with van der Waals surface area (Å²) in [4.78, 5) is 12.6. The number of ether oxygens (including phenoxy) is 2. The van der Waals surface area contributed by atoms with Crippen molar-refractivity contribution in [2.45, 2.75) is 38.8 Å². The fourth-order valence-corrected chi connectivity index (χ4v) is 3.21. The second kappa shape index (κ2) is 6.18. The van der Waals surface area contributed by atoms with Crippen LogP contribution in [0.15, 0.2) is 22.7 Å². The molecule has 122 valence electrons. The number of carbonyl (C=O) groups excluding carboxylic acids is 1. The van der Waals surface area contributed by atoms with Crippen molar-refractivity contribution in [2.75, 3.05) is 19.0 Å². The first-order valence-electron chi connectivity index (χ1n) is 7.31. The quantitative estimate of drug-likeness (QED) is 0.835. The molecule has 1 fully saturated rings. The van der Waals surface area contributed by atoms with Crippen molar-refractivity contribution in [3.8, 4) is 5.75 Å². The molecule has 0 aromatic heterocycles. The van der Waals surface area contributed by atoms with Crippen LogP contribution in [0.3, 0.4) is 0 Å². The molecule has 1 saturated carbocycles. The van der Waals surface area contributed by atoms with Gasteiger partial charge in [0.2, 0.25) is 5.91 Å². The molecule has 5 nitrogen and oxygen atoms in total. The minimum Gasteiger partial charge on any atom is -0.495 e. The topological polar surface area (TPSA) is 73.6 Å². The molecule has 3 N–H and O–H groups in total. The number of methoxy groups -OCH3 is 1. The van der Waals surface area contributed by atoms with Crippen LogP contribution in [0.4, 0.5) is 5.69 Å². The van der Waals surface area contributed by atoms with Gasteiger partial charge in [0, 0.05) is 30.2 Å². The van der Waals surface area contributed by atoms with E-state index in [0.717, 1.165) is 4.47 Å². The highest BCUT2D eigenvalue weighted by atomic mass is 79.9. The van der Waals surface area contributed by atoms with Crippen LogP contribution in [-0.2, 0) is 9.53 Å². The number of halogens is 1. The van der Waals surface area contributed by atoms with Crippen LogP contribution in [0, 0.1) is 5.41 Å². The van der Waals surface area contributed by atoms with E-state index in [4.69, 9.17) is 15.2 Å². The van der Waals surface area contributed by atoms with E-state index >= 15 is 0 Å². The normalized spacial score (nSPS) is 26.2. The summed E-state index contributed by atoms with van der Waals surface area (Å²) in [5.41, 5.74) is 5.67. The Hall–Kier alpha value is -1.11. The lowest BCUT2D eigenvalue weighted by atomic mass is 9.54. The van der Waals surface area contributed by atoms with Gasteiger partial charge >= 0.3 is 0 Å². The van der Waals surface area contributed by atoms with Crippen LogP contribution in [0.1, 0.15) is 27.2 Å². The maximum atomic E-state index is 12.6. The molecule has 2 atom stereocenters. The third-order valence-corrected chi connectivity index (χ3v) is 5.30. The van der Waals surface area contributed by atoms with Crippen molar-refractivity contribution in [3.63, 3.8) is 0 Å². The molecule has 0 spiro atoms. The van der Waals surface area contributed by atoms with Crippen LogP contribution in [0.2, 0.25) is 0 Å². The number of rotatable bonds is 5. The Balaban J connectivity index is 2.13. The number of nitrogens with one attached hydrogen (secondary N) is 1. The lowest BCUT2D eigenvalue weighted by Crippen LogP contribution is -2.74. The minimum atomic E-state index is -0.937. The summed E-state index contributed by atoms with van der Waals surface area (Å²) in [6.45, 7) is 6.51. The molecule has 22 heavy (non-hydrogen) atoms. The van der Waals surface area contributed by atoms with Gasteiger partial charge in [-0.3, -0.25) is 4.79 Å². The van der Waals surface area contributed by atoms with Gasteiger partial charge in [-0.05, 0) is 35.0 Å². The molecule has 6 heteroatoms. The number of nitrogens with two attached hydrogens (primary N) is 1. The Labute approximate surface area is 139 Å². The Bertz CT molecular complexity index is 577. The third kappa shape index (κ3) is 2.75. The standard InChI is InChI=1S/C16H23BrN2O3/c1-5-22-13-9-16(18,15(13,2)3)14(20)19-10-6-7-11(17)12(8-10)21-4/h6-8,13H,5,9,18H2,1-4H3,(H,19,20). The van der Waals surface area contributed by atoms with Crippen molar-refractivity contribution in [2.24, 2.45) is 11.1 Å². The van der Waals surface area contributed by atoms with Gasteiger partial charge in [0.05, 0.1) is 17.7 Å². The smallest absolute Gasteiger partial charge is 0.245 e. The van der Waals surface area contributed by atoms with Crippen LogP contribution >= 0.6 is 15.9 Å². The van der Waals surface area contributed by atoms with Gasteiger partial charge in [0.25, 0.3) is 0 Å². The van der Waals surface area contributed by atoms with Gasteiger partial charge in [-0.15, -0.1) is 0 Å². The third-order valence-electron chi connectivity index (χ3n) is 4.64. The molecule has 0 heterocycles. The lowest BCUT2D eigenvalue weighted by molar-refractivity contribution is -0.166.